The molecule has 10 heteroatoms. The highest BCUT2D eigenvalue weighted by atomic mass is 32.2. The van der Waals surface area contributed by atoms with Crippen LogP contribution in [0.25, 0.3) is 16.6 Å². The summed E-state index contributed by atoms with van der Waals surface area (Å²) in [5.41, 5.74) is 3.12. The summed E-state index contributed by atoms with van der Waals surface area (Å²) < 4.78 is 39.0. The maximum atomic E-state index is 13.6. The topological polar surface area (TPSA) is 120 Å². The summed E-state index contributed by atoms with van der Waals surface area (Å²) in [6.07, 6.45) is 6.23. The zero-order valence-corrected chi connectivity index (χ0v) is 17.9. The third-order valence-corrected chi connectivity index (χ3v) is 6.54. The minimum atomic E-state index is -3.93. The fraction of sp³-hybridized carbons (Fsp3) is 0.238. The standard InChI is InChI=1S/C20H21N3O4S.CH2O2/c1-26-17-6-3-7-18(20(17)27-2)28(24,25)23-13-15(14-8-11-21-12-9-14)19-16(23)5-4-10-22-19;2-1-3/h3-8,10,13,21H,9,11-12H2,1-2H3;1H,(H,2,3). The Morgan fingerprint density at radius 1 is 1.19 bits per heavy atom. The van der Waals surface area contributed by atoms with E-state index in [1.54, 1.807) is 36.7 Å². The van der Waals surface area contributed by atoms with E-state index in [-0.39, 0.29) is 17.1 Å². The molecule has 1 aromatic carbocycles. The summed E-state index contributed by atoms with van der Waals surface area (Å²) in [6.45, 7) is 1.35. The summed E-state index contributed by atoms with van der Waals surface area (Å²) in [5, 5.41) is 10.2. The average Bonchev–Trinajstić information content (AvgIpc) is 3.20. The molecule has 1 aliphatic heterocycles. The number of para-hydroxylation sites is 1. The molecule has 0 spiro atoms. The molecule has 0 unspecified atom stereocenters. The number of methoxy groups -OCH3 is 2. The lowest BCUT2D eigenvalue weighted by Crippen LogP contribution is -2.20. The third kappa shape index (κ3) is 4.25. The number of fused-ring (bicyclic) bond motifs is 1. The molecule has 0 atom stereocenters. The zero-order valence-electron chi connectivity index (χ0n) is 17.1. The van der Waals surface area contributed by atoms with Gasteiger partial charge in [0.2, 0.25) is 0 Å². The number of aromatic nitrogens is 2. The van der Waals surface area contributed by atoms with Gasteiger partial charge in [0.05, 0.1) is 25.3 Å². The molecule has 3 aromatic rings. The van der Waals surface area contributed by atoms with Crippen molar-refractivity contribution in [1.29, 1.82) is 0 Å². The fourth-order valence-electron chi connectivity index (χ4n) is 3.50. The van der Waals surface area contributed by atoms with Crippen molar-refractivity contribution < 1.29 is 27.8 Å². The van der Waals surface area contributed by atoms with E-state index >= 15 is 0 Å². The van der Waals surface area contributed by atoms with Gasteiger partial charge < -0.3 is 19.9 Å². The zero-order chi connectivity index (χ0) is 22.4. The average molecular weight is 445 g/mol. The second kappa shape index (κ2) is 9.63. The van der Waals surface area contributed by atoms with Crippen LogP contribution >= 0.6 is 0 Å². The number of nitrogens with zero attached hydrogens (tertiary/aromatic N) is 2. The van der Waals surface area contributed by atoms with Crippen molar-refractivity contribution in [2.75, 3.05) is 27.3 Å². The summed E-state index contributed by atoms with van der Waals surface area (Å²) >= 11 is 0. The van der Waals surface area contributed by atoms with E-state index < -0.39 is 10.0 Å². The molecular weight excluding hydrogens is 422 g/mol. The summed E-state index contributed by atoms with van der Waals surface area (Å²) in [4.78, 5) is 12.9. The van der Waals surface area contributed by atoms with Gasteiger partial charge in [-0.3, -0.25) is 9.78 Å². The molecule has 9 nitrogen and oxygen atoms in total. The van der Waals surface area contributed by atoms with E-state index in [1.165, 1.54) is 24.3 Å². The van der Waals surface area contributed by atoms with Gasteiger partial charge in [-0.2, -0.15) is 0 Å². The van der Waals surface area contributed by atoms with Crippen molar-refractivity contribution in [3.63, 3.8) is 0 Å². The number of ether oxygens (including phenoxy) is 2. The van der Waals surface area contributed by atoms with Gasteiger partial charge in [0, 0.05) is 24.5 Å². The monoisotopic (exact) mass is 445 g/mol. The first-order valence-corrected chi connectivity index (χ1v) is 10.8. The first kappa shape index (κ1) is 22.3. The SMILES string of the molecule is COc1cccc(S(=O)(=O)n2cc(C3=CCNCC3)c3ncccc32)c1OC.O=CO. The molecule has 0 bridgehead atoms. The molecule has 0 saturated heterocycles. The van der Waals surface area contributed by atoms with Gasteiger partial charge in [0.15, 0.2) is 11.5 Å². The largest absolute Gasteiger partial charge is 0.493 e. The van der Waals surface area contributed by atoms with Crippen LogP contribution in [0.3, 0.4) is 0 Å². The third-order valence-electron chi connectivity index (χ3n) is 4.84. The van der Waals surface area contributed by atoms with Gasteiger partial charge in [-0.15, -0.1) is 0 Å². The van der Waals surface area contributed by atoms with E-state index in [0.29, 0.717) is 16.8 Å². The quantitative estimate of drug-likeness (QED) is 0.575. The Morgan fingerprint density at radius 3 is 2.61 bits per heavy atom. The van der Waals surface area contributed by atoms with Crippen LogP contribution in [0.2, 0.25) is 0 Å². The van der Waals surface area contributed by atoms with Crippen molar-refractivity contribution in [3.05, 3.63) is 54.4 Å². The second-order valence-corrected chi connectivity index (χ2v) is 8.28. The number of hydrogen-bond donors (Lipinski definition) is 2. The van der Waals surface area contributed by atoms with Gasteiger partial charge in [-0.05, 0) is 42.8 Å². The lowest BCUT2D eigenvalue weighted by Gasteiger charge is -2.14. The van der Waals surface area contributed by atoms with Gasteiger partial charge in [-0.1, -0.05) is 12.1 Å². The lowest BCUT2D eigenvalue weighted by atomic mass is 10.0. The van der Waals surface area contributed by atoms with Gasteiger partial charge in [-0.25, -0.2) is 12.4 Å². The second-order valence-electron chi connectivity index (χ2n) is 6.50. The molecule has 3 heterocycles. The van der Waals surface area contributed by atoms with Gasteiger partial charge in [0.25, 0.3) is 16.5 Å². The molecule has 31 heavy (non-hydrogen) atoms. The highest BCUT2D eigenvalue weighted by Crippen LogP contribution is 2.37. The summed E-state index contributed by atoms with van der Waals surface area (Å²) in [6, 6.07) is 8.31. The smallest absolute Gasteiger partial charge is 0.290 e. The summed E-state index contributed by atoms with van der Waals surface area (Å²) in [7, 11) is -1.02. The van der Waals surface area contributed by atoms with Crippen molar-refractivity contribution in [3.8, 4) is 11.5 Å². The van der Waals surface area contributed by atoms with Crippen LogP contribution in [-0.2, 0) is 14.8 Å². The van der Waals surface area contributed by atoms with Crippen molar-refractivity contribution in [2.45, 2.75) is 11.3 Å². The first-order chi connectivity index (χ1) is 15.0. The van der Waals surface area contributed by atoms with Crippen LogP contribution in [0, 0.1) is 0 Å². The lowest BCUT2D eigenvalue weighted by molar-refractivity contribution is -0.122. The summed E-state index contributed by atoms with van der Waals surface area (Å²) in [5.74, 6) is 0.540. The van der Waals surface area contributed by atoms with E-state index in [4.69, 9.17) is 19.4 Å². The molecule has 1 aliphatic rings. The Bertz CT molecular complexity index is 1220. The van der Waals surface area contributed by atoms with Crippen molar-refractivity contribution in [1.82, 2.24) is 14.3 Å². The van der Waals surface area contributed by atoms with E-state index in [0.717, 1.165) is 30.6 Å². The van der Waals surface area contributed by atoms with Crippen LogP contribution in [0.4, 0.5) is 0 Å². The fourth-order valence-corrected chi connectivity index (χ4v) is 5.03. The Morgan fingerprint density at radius 2 is 1.97 bits per heavy atom. The number of rotatable bonds is 5. The molecule has 0 saturated carbocycles. The van der Waals surface area contributed by atoms with E-state index in [1.807, 2.05) is 0 Å². The molecule has 2 N–H and O–H groups in total. The highest BCUT2D eigenvalue weighted by molar-refractivity contribution is 7.90. The van der Waals surface area contributed by atoms with E-state index in [9.17, 15) is 8.42 Å². The van der Waals surface area contributed by atoms with Crippen molar-refractivity contribution in [2.24, 2.45) is 0 Å². The number of nitrogens with one attached hydrogen (secondary N) is 1. The predicted octanol–water partition coefficient (Wildman–Crippen LogP) is 2.37. The number of hydrogen-bond acceptors (Lipinski definition) is 7. The normalized spacial score (nSPS) is 13.7. The van der Waals surface area contributed by atoms with Gasteiger partial charge in [0.1, 0.15) is 4.90 Å². The molecule has 2 aromatic heterocycles. The maximum absolute atomic E-state index is 13.6. The first-order valence-electron chi connectivity index (χ1n) is 9.40. The molecule has 0 fully saturated rings. The van der Waals surface area contributed by atoms with E-state index in [2.05, 4.69) is 16.4 Å². The van der Waals surface area contributed by atoms with Crippen LogP contribution in [0.5, 0.6) is 11.5 Å². The molecule has 0 radical (unpaired) electrons. The Kier molecular flexibility index (Phi) is 6.93. The minimum absolute atomic E-state index is 0.0425. The van der Waals surface area contributed by atoms with Crippen LogP contribution in [-0.4, -0.2) is 56.3 Å². The van der Waals surface area contributed by atoms with Crippen molar-refractivity contribution >= 4 is 33.1 Å². The van der Waals surface area contributed by atoms with Crippen LogP contribution in [0.1, 0.15) is 12.0 Å². The number of benzene rings is 1. The molecular formula is C21H23N3O6S. The minimum Gasteiger partial charge on any atom is -0.493 e. The molecule has 164 valence electrons. The number of carbonyl (C=O) groups is 1. The Labute approximate surface area is 180 Å². The molecule has 0 amide bonds. The predicted molar refractivity (Wildman–Crippen MR) is 116 cm³/mol. The number of pyridine rings is 1. The Balaban J connectivity index is 0.000000858. The maximum Gasteiger partial charge on any atom is 0.290 e. The van der Waals surface area contributed by atoms with Crippen LogP contribution in [0.15, 0.2) is 53.7 Å². The highest BCUT2D eigenvalue weighted by Gasteiger charge is 2.27. The Hall–Kier alpha value is -3.37. The molecule has 4 rings (SSSR count). The van der Waals surface area contributed by atoms with Gasteiger partial charge >= 0.3 is 0 Å². The molecule has 0 aliphatic carbocycles. The number of carboxylic acid groups (broad SMARTS) is 1. The van der Waals surface area contributed by atoms with Crippen LogP contribution < -0.4 is 14.8 Å².